The molecule has 0 spiro atoms. The minimum atomic E-state index is 0.0381. The van der Waals surface area contributed by atoms with Gasteiger partial charge in [0, 0.05) is 12.5 Å². The maximum absolute atomic E-state index is 10.7. The van der Waals surface area contributed by atoms with Gasteiger partial charge in [-0.2, -0.15) is 0 Å². The van der Waals surface area contributed by atoms with Crippen LogP contribution >= 0.6 is 0 Å². The van der Waals surface area contributed by atoms with Gasteiger partial charge in [-0.05, 0) is 55.2 Å². The fourth-order valence-electron chi connectivity index (χ4n) is 3.14. The number of ether oxygens (including phenoxy) is 3. The molecule has 0 aliphatic carbocycles. The lowest BCUT2D eigenvalue weighted by molar-refractivity contribution is -0.107. The van der Waals surface area contributed by atoms with Crippen molar-refractivity contribution in [2.45, 2.75) is 39.4 Å². The smallest absolute Gasteiger partial charge is 0.130 e. The Bertz CT molecular complexity index is 1010. The highest BCUT2D eigenvalue weighted by Gasteiger charge is 2.09. The second-order valence-electron chi connectivity index (χ2n) is 7.71. The van der Waals surface area contributed by atoms with E-state index in [4.69, 9.17) is 19.6 Å². The second kappa shape index (κ2) is 11.7. The van der Waals surface area contributed by atoms with Crippen LogP contribution in [0.4, 0.5) is 0 Å². The quantitative estimate of drug-likeness (QED) is 0.298. The molecule has 0 radical (unpaired) electrons. The molecule has 0 unspecified atom stereocenters. The Morgan fingerprint density at radius 1 is 0.938 bits per heavy atom. The van der Waals surface area contributed by atoms with Gasteiger partial charge in [0.2, 0.25) is 0 Å². The van der Waals surface area contributed by atoms with Gasteiger partial charge in [-0.3, -0.25) is 0 Å². The molecule has 32 heavy (non-hydrogen) atoms. The summed E-state index contributed by atoms with van der Waals surface area (Å²) in [5, 5.41) is 8.12. The maximum Gasteiger partial charge on any atom is 0.130 e. The van der Waals surface area contributed by atoms with Crippen molar-refractivity contribution in [1.29, 1.82) is 5.41 Å². The Morgan fingerprint density at radius 3 is 2.34 bits per heavy atom. The number of carbonyl (C=O) groups excluding carboxylic acids is 1. The number of rotatable bonds is 12. The van der Waals surface area contributed by atoms with Gasteiger partial charge in [-0.1, -0.05) is 48.5 Å². The third kappa shape index (κ3) is 6.98. The predicted molar refractivity (Wildman–Crippen MR) is 126 cm³/mol. The number of hydrogen-bond acceptors (Lipinski definition) is 5. The first kappa shape index (κ1) is 23.1. The molecule has 0 aliphatic heterocycles. The topological polar surface area (TPSA) is 68.6 Å². The third-order valence-electron chi connectivity index (χ3n) is 4.77. The molecule has 0 atom stereocenters. The van der Waals surface area contributed by atoms with Crippen molar-refractivity contribution in [2.24, 2.45) is 0 Å². The number of aryl methyl sites for hydroxylation is 1. The van der Waals surface area contributed by atoms with Crippen molar-refractivity contribution in [3.8, 4) is 17.2 Å². The SMILES string of the molecule is CC(C)Oc1cc(OCc2ccc(OCC(=N)c3ccccc3)cc2)ccc1CCC=O. The van der Waals surface area contributed by atoms with Crippen LogP contribution < -0.4 is 14.2 Å². The molecule has 0 amide bonds. The first-order chi connectivity index (χ1) is 15.5. The zero-order valence-corrected chi connectivity index (χ0v) is 18.5. The summed E-state index contributed by atoms with van der Waals surface area (Å²) >= 11 is 0. The zero-order valence-electron chi connectivity index (χ0n) is 18.5. The lowest BCUT2D eigenvalue weighted by Crippen LogP contribution is -2.11. The molecule has 0 saturated heterocycles. The van der Waals surface area contributed by atoms with Crippen LogP contribution in [0.15, 0.2) is 72.8 Å². The molecule has 0 aliphatic rings. The van der Waals surface area contributed by atoms with E-state index in [9.17, 15) is 4.79 Å². The summed E-state index contributed by atoms with van der Waals surface area (Å²) in [6.45, 7) is 4.58. The van der Waals surface area contributed by atoms with Gasteiger partial charge >= 0.3 is 0 Å². The minimum Gasteiger partial charge on any atom is -0.491 e. The van der Waals surface area contributed by atoms with Crippen LogP contribution in [0.5, 0.6) is 17.2 Å². The Hall–Kier alpha value is -3.60. The van der Waals surface area contributed by atoms with E-state index in [0.29, 0.717) is 36.7 Å². The summed E-state index contributed by atoms with van der Waals surface area (Å²) in [5.74, 6) is 2.18. The van der Waals surface area contributed by atoms with Gasteiger partial charge in [-0.25, -0.2) is 0 Å². The molecule has 0 aromatic heterocycles. The molecule has 0 saturated carbocycles. The van der Waals surface area contributed by atoms with Crippen LogP contribution in [0.3, 0.4) is 0 Å². The summed E-state index contributed by atoms with van der Waals surface area (Å²) in [7, 11) is 0. The largest absolute Gasteiger partial charge is 0.491 e. The summed E-state index contributed by atoms with van der Waals surface area (Å²) in [6, 6.07) is 23.0. The third-order valence-corrected chi connectivity index (χ3v) is 4.77. The van der Waals surface area contributed by atoms with Crippen LogP contribution in [-0.4, -0.2) is 24.7 Å². The molecule has 0 heterocycles. The molecule has 5 heteroatoms. The molecule has 1 N–H and O–H groups in total. The Morgan fingerprint density at radius 2 is 1.66 bits per heavy atom. The average Bonchev–Trinajstić information content (AvgIpc) is 2.81. The summed E-state index contributed by atoms with van der Waals surface area (Å²) < 4.78 is 17.6. The van der Waals surface area contributed by atoms with Crippen molar-refractivity contribution in [3.63, 3.8) is 0 Å². The highest BCUT2D eigenvalue weighted by Crippen LogP contribution is 2.27. The molecule has 3 aromatic rings. The summed E-state index contributed by atoms with van der Waals surface area (Å²) in [4.78, 5) is 10.7. The number of hydrogen-bond donors (Lipinski definition) is 1. The number of benzene rings is 3. The standard InChI is InChI=1S/C27H29NO4/c1-20(2)32-27-17-25(15-12-23(27)9-6-16-29)30-18-21-10-13-24(14-11-21)31-19-26(28)22-7-4-3-5-8-22/h3-5,7-8,10-17,20,28H,6,9,18-19H2,1-2H3. The van der Waals surface area contributed by atoms with Crippen LogP contribution in [0, 0.1) is 5.41 Å². The molecule has 0 fully saturated rings. The second-order valence-corrected chi connectivity index (χ2v) is 7.71. The Labute approximate surface area is 189 Å². The van der Waals surface area contributed by atoms with E-state index >= 15 is 0 Å². The van der Waals surface area contributed by atoms with Crippen LogP contribution in [-0.2, 0) is 17.8 Å². The van der Waals surface area contributed by atoms with Gasteiger partial charge in [0.15, 0.2) is 0 Å². The maximum atomic E-state index is 10.7. The van der Waals surface area contributed by atoms with Crippen molar-refractivity contribution in [2.75, 3.05) is 6.61 Å². The molecule has 3 rings (SSSR count). The lowest BCUT2D eigenvalue weighted by atomic mass is 10.1. The van der Waals surface area contributed by atoms with Crippen molar-refractivity contribution >= 4 is 12.0 Å². The first-order valence-corrected chi connectivity index (χ1v) is 10.8. The fraction of sp³-hybridized carbons (Fsp3) is 0.259. The highest BCUT2D eigenvalue weighted by molar-refractivity contribution is 5.99. The van der Waals surface area contributed by atoms with E-state index in [0.717, 1.165) is 28.7 Å². The molecule has 166 valence electrons. The van der Waals surface area contributed by atoms with Crippen LogP contribution in [0.1, 0.15) is 37.0 Å². The van der Waals surface area contributed by atoms with E-state index < -0.39 is 0 Å². The Balaban J connectivity index is 1.55. The summed E-state index contributed by atoms with van der Waals surface area (Å²) in [6.07, 6.45) is 2.07. The molecule has 5 nitrogen and oxygen atoms in total. The van der Waals surface area contributed by atoms with Gasteiger partial charge in [0.25, 0.3) is 0 Å². The predicted octanol–water partition coefficient (Wildman–Crippen LogP) is 5.63. The van der Waals surface area contributed by atoms with E-state index in [1.807, 2.05) is 86.6 Å². The van der Waals surface area contributed by atoms with Gasteiger partial charge in [0.05, 0.1) is 11.8 Å². The number of carbonyl (C=O) groups is 1. The zero-order chi connectivity index (χ0) is 22.8. The van der Waals surface area contributed by atoms with Crippen LogP contribution in [0.25, 0.3) is 0 Å². The van der Waals surface area contributed by atoms with Crippen LogP contribution in [0.2, 0.25) is 0 Å². The fourth-order valence-corrected chi connectivity index (χ4v) is 3.14. The van der Waals surface area contributed by atoms with Crippen molar-refractivity contribution < 1.29 is 19.0 Å². The monoisotopic (exact) mass is 431 g/mol. The van der Waals surface area contributed by atoms with E-state index in [2.05, 4.69) is 0 Å². The normalized spacial score (nSPS) is 10.6. The molecule has 0 bridgehead atoms. The molecular formula is C27H29NO4. The average molecular weight is 432 g/mol. The van der Waals surface area contributed by atoms with E-state index in [1.165, 1.54) is 0 Å². The first-order valence-electron chi connectivity index (χ1n) is 10.8. The van der Waals surface area contributed by atoms with Gasteiger partial charge in [-0.15, -0.1) is 0 Å². The van der Waals surface area contributed by atoms with Crippen molar-refractivity contribution in [3.05, 3.63) is 89.5 Å². The highest BCUT2D eigenvalue weighted by atomic mass is 16.5. The van der Waals surface area contributed by atoms with E-state index in [1.54, 1.807) is 0 Å². The van der Waals surface area contributed by atoms with E-state index in [-0.39, 0.29) is 12.7 Å². The Kier molecular flexibility index (Phi) is 8.44. The number of aldehydes is 1. The number of nitrogens with one attached hydrogen (secondary N) is 1. The lowest BCUT2D eigenvalue weighted by Gasteiger charge is -2.16. The van der Waals surface area contributed by atoms with Crippen molar-refractivity contribution in [1.82, 2.24) is 0 Å². The molecule has 3 aromatic carbocycles. The van der Waals surface area contributed by atoms with Gasteiger partial charge in [0.1, 0.15) is 36.7 Å². The minimum absolute atomic E-state index is 0.0381. The molecular weight excluding hydrogens is 402 g/mol. The van der Waals surface area contributed by atoms with Gasteiger partial charge < -0.3 is 24.4 Å². The summed E-state index contributed by atoms with van der Waals surface area (Å²) in [5.41, 5.74) is 3.30.